The van der Waals surface area contributed by atoms with Crippen molar-refractivity contribution in [3.63, 3.8) is 0 Å². The SMILES string of the molecule is C=CCN(Cc1cnc(S(=O)(=O)Cc2cccc(C)c2)n1CC(C)C)C(=O)CC(C)C. The molecule has 0 fully saturated rings. The third-order valence-electron chi connectivity index (χ3n) is 4.80. The van der Waals surface area contributed by atoms with Crippen molar-refractivity contribution in [2.75, 3.05) is 6.54 Å². The number of carbonyl (C=O) groups excluding carboxylic acids is 1. The van der Waals surface area contributed by atoms with Crippen molar-refractivity contribution in [1.82, 2.24) is 14.5 Å². The highest BCUT2D eigenvalue weighted by Gasteiger charge is 2.26. The zero-order valence-electron chi connectivity index (χ0n) is 19.3. The van der Waals surface area contributed by atoms with Gasteiger partial charge in [-0.05, 0) is 24.3 Å². The minimum atomic E-state index is -3.64. The molecule has 0 saturated carbocycles. The molecule has 1 aromatic heterocycles. The number of amides is 1. The lowest BCUT2D eigenvalue weighted by Gasteiger charge is -2.23. The van der Waals surface area contributed by atoms with E-state index in [-0.39, 0.29) is 28.7 Å². The molecule has 0 spiro atoms. The number of imidazole rings is 1. The molecule has 0 radical (unpaired) electrons. The Bertz CT molecular complexity index is 1010. The van der Waals surface area contributed by atoms with Gasteiger partial charge in [0.05, 0.1) is 24.2 Å². The summed E-state index contributed by atoms with van der Waals surface area (Å²) in [5.41, 5.74) is 2.47. The van der Waals surface area contributed by atoms with Crippen molar-refractivity contribution >= 4 is 15.7 Å². The average molecular weight is 446 g/mol. The molecule has 0 unspecified atom stereocenters. The maximum atomic E-state index is 13.2. The topological polar surface area (TPSA) is 72.3 Å². The van der Waals surface area contributed by atoms with Gasteiger partial charge >= 0.3 is 0 Å². The van der Waals surface area contributed by atoms with Crippen LogP contribution in [-0.2, 0) is 33.5 Å². The van der Waals surface area contributed by atoms with Crippen LogP contribution in [0.2, 0.25) is 0 Å². The second-order valence-electron chi connectivity index (χ2n) is 8.95. The number of sulfone groups is 1. The molecule has 0 aliphatic carbocycles. The Hall–Kier alpha value is -2.41. The number of hydrogen-bond donors (Lipinski definition) is 0. The van der Waals surface area contributed by atoms with Gasteiger partial charge in [-0.25, -0.2) is 13.4 Å². The monoisotopic (exact) mass is 445 g/mol. The summed E-state index contributed by atoms with van der Waals surface area (Å²) in [4.78, 5) is 18.7. The van der Waals surface area contributed by atoms with Gasteiger partial charge < -0.3 is 9.47 Å². The third kappa shape index (κ3) is 7.06. The Morgan fingerprint density at radius 1 is 1.23 bits per heavy atom. The van der Waals surface area contributed by atoms with Crippen LogP contribution in [0.5, 0.6) is 0 Å². The number of nitrogens with zero attached hydrogens (tertiary/aromatic N) is 3. The van der Waals surface area contributed by atoms with Gasteiger partial charge in [-0.3, -0.25) is 4.79 Å². The summed E-state index contributed by atoms with van der Waals surface area (Å²) >= 11 is 0. The summed E-state index contributed by atoms with van der Waals surface area (Å²) in [5, 5.41) is 0.0626. The number of carbonyl (C=O) groups is 1. The van der Waals surface area contributed by atoms with Gasteiger partial charge in [0.25, 0.3) is 0 Å². The van der Waals surface area contributed by atoms with E-state index in [4.69, 9.17) is 0 Å². The maximum absolute atomic E-state index is 13.2. The Balaban J connectivity index is 2.39. The van der Waals surface area contributed by atoms with Crippen LogP contribution in [0.1, 0.15) is 50.9 Å². The second-order valence-corrected chi connectivity index (χ2v) is 10.8. The highest BCUT2D eigenvalue weighted by molar-refractivity contribution is 7.90. The lowest BCUT2D eigenvalue weighted by molar-refractivity contribution is -0.132. The number of rotatable bonds is 11. The minimum absolute atomic E-state index is 0.0244. The van der Waals surface area contributed by atoms with Crippen molar-refractivity contribution in [3.05, 3.63) is 59.9 Å². The summed E-state index contributed by atoms with van der Waals surface area (Å²) in [6, 6.07) is 7.50. The first-order valence-corrected chi connectivity index (χ1v) is 12.4. The molecular formula is C24H35N3O3S. The molecule has 0 aliphatic heterocycles. The standard InChI is InChI=1S/C24H35N3O3S/c1-7-11-26(23(28)12-18(2)3)16-22-14-25-24(27(22)15-19(4)5)31(29,30)17-21-10-8-9-20(6)13-21/h7-10,13-14,18-19H,1,11-12,15-17H2,2-6H3. The van der Waals surface area contributed by atoms with Crippen molar-refractivity contribution in [3.8, 4) is 0 Å². The molecule has 1 aromatic carbocycles. The molecule has 1 heterocycles. The van der Waals surface area contributed by atoms with Crippen molar-refractivity contribution in [1.29, 1.82) is 0 Å². The van der Waals surface area contributed by atoms with Gasteiger partial charge in [0.15, 0.2) is 0 Å². The van der Waals surface area contributed by atoms with Crippen LogP contribution in [0.4, 0.5) is 0 Å². The molecule has 0 saturated heterocycles. The lowest BCUT2D eigenvalue weighted by Crippen LogP contribution is -2.32. The summed E-state index contributed by atoms with van der Waals surface area (Å²) in [5.74, 6) is 0.383. The summed E-state index contributed by atoms with van der Waals surface area (Å²) in [7, 11) is -3.64. The molecule has 0 bridgehead atoms. The Morgan fingerprint density at radius 2 is 1.94 bits per heavy atom. The maximum Gasteiger partial charge on any atom is 0.228 e. The molecule has 0 aliphatic rings. The smallest absolute Gasteiger partial charge is 0.228 e. The number of benzene rings is 1. The predicted molar refractivity (Wildman–Crippen MR) is 124 cm³/mol. The molecular weight excluding hydrogens is 410 g/mol. The zero-order chi connectivity index (χ0) is 23.2. The van der Waals surface area contributed by atoms with Gasteiger partial charge in [0, 0.05) is 19.5 Å². The van der Waals surface area contributed by atoms with E-state index in [0.29, 0.717) is 26.1 Å². The van der Waals surface area contributed by atoms with E-state index in [1.807, 2.05) is 58.9 Å². The Morgan fingerprint density at radius 3 is 2.52 bits per heavy atom. The minimum Gasteiger partial charge on any atom is -0.333 e. The van der Waals surface area contributed by atoms with Gasteiger partial charge in [-0.1, -0.05) is 63.6 Å². The normalized spacial score (nSPS) is 11.8. The number of aryl methyl sites for hydroxylation is 1. The van der Waals surface area contributed by atoms with Gasteiger partial charge in [-0.2, -0.15) is 0 Å². The fraction of sp³-hybridized carbons (Fsp3) is 0.500. The van der Waals surface area contributed by atoms with E-state index < -0.39 is 9.84 Å². The first-order chi connectivity index (χ1) is 14.5. The quantitative estimate of drug-likeness (QED) is 0.481. The molecule has 0 N–H and O–H groups in total. The fourth-order valence-corrected chi connectivity index (χ4v) is 4.99. The number of aromatic nitrogens is 2. The van der Waals surface area contributed by atoms with E-state index in [2.05, 4.69) is 11.6 Å². The van der Waals surface area contributed by atoms with Crippen LogP contribution in [0.25, 0.3) is 0 Å². The zero-order valence-corrected chi connectivity index (χ0v) is 20.2. The van der Waals surface area contributed by atoms with Crippen LogP contribution >= 0.6 is 0 Å². The van der Waals surface area contributed by atoms with Crippen LogP contribution < -0.4 is 0 Å². The molecule has 2 rings (SSSR count). The Labute approximate surface area is 186 Å². The number of hydrogen-bond acceptors (Lipinski definition) is 4. The molecule has 0 atom stereocenters. The molecule has 6 nitrogen and oxygen atoms in total. The molecule has 31 heavy (non-hydrogen) atoms. The second kappa shape index (κ2) is 10.8. The van der Waals surface area contributed by atoms with Crippen LogP contribution in [0.3, 0.4) is 0 Å². The van der Waals surface area contributed by atoms with Crippen LogP contribution in [0.15, 0.2) is 48.3 Å². The van der Waals surface area contributed by atoms with E-state index in [0.717, 1.165) is 16.8 Å². The van der Waals surface area contributed by atoms with Crippen molar-refractivity contribution in [2.24, 2.45) is 11.8 Å². The molecule has 1 amide bonds. The first kappa shape index (κ1) is 24.9. The van der Waals surface area contributed by atoms with E-state index in [9.17, 15) is 13.2 Å². The fourth-order valence-electron chi connectivity index (χ4n) is 3.50. The first-order valence-electron chi connectivity index (χ1n) is 10.7. The average Bonchev–Trinajstić information content (AvgIpc) is 3.03. The van der Waals surface area contributed by atoms with E-state index in [1.54, 1.807) is 21.7 Å². The van der Waals surface area contributed by atoms with E-state index >= 15 is 0 Å². The highest BCUT2D eigenvalue weighted by Crippen LogP contribution is 2.21. The van der Waals surface area contributed by atoms with Crippen LogP contribution in [0, 0.1) is 18.8 Å². The van der Waals surface area contributed by atoms with E-state index in [1.165, 1.54) is 0 Å². The summed E-state index contributed by atoms with van der Waals surface area (Å²) in [6.45, 7) is 15.0. The van der Waals surface area contributed by atoms with Gasteiger partial charge in [0.2, 0.25) is 20.9 Å². The Kier molecular flexibility index (Phi) is 8.62. The highest BCUT2D eigenvalue weighted by atomic mass is 32.2. The molecule has 170 valence electrons. The largest absolute Gasteiger partial charge is 0.333 e. The summed E-state index contributed by atoms with van der Waals surface area (Å²) < 4.78 is 28.2. The summed E-state index contributed by atoms with van der Waals surface area (Å²) in [6.07, 6.45) is 3.71. The predicted octanol–water partition coefficient (Wildman–Crippen LogP) is 4.38. The third-order valence-corrected chi connectivity index (χ3v) is 6.40. The van der Waals surface area contributed by atoms with Crippen molar-refractivity contribution in [2.45, 2.75) is 65.0 Å². The molecule has 2 aromatic rings. The van der Waals surface area contributed by atoms with Crippen molar-refractivity contribution < 1.29 is 13.2 Å². The van der Waals surface area contributed by atoms with Crippen LogP contribution in [-0.4, -0.2) is 35.3 Å². The molecule has 7 heteroatoms. The van der Waals surface area contributed by atoms with Gasteiger partial charge in [0.1, 0.15) is 0 Å². The lowest BCUT2D eigenvalue weighted by atomic mass is 10.1. The van der Waals surface area contributed by atoms with Gasteiger partial charge in [-0.15, -0.1) is 6.58 Å².